The van der Waals surface area contributed by atoms with Crippen LogP contribution in [0.2, 0.25) is 0 Å². The van der Waals surface area contributed by atoms with Crippen LogP contribution in [0, 0.1) is 10.1 Å². The minimum Gasteiger partial charge on any atom is -0.454 e. The topological polar surface area (TPSA) is 73.6 Å². The number of hydrogen-bond acceptors (Lipinski definition) is 5. The van der Waals surface area contributed by atoms with Crippen molar-refractivity contribution in [3.05, 3.63) is 56.5 Å². The highest BCUT2D eigenvalue weighted by molar-refractivity contribution is 9.10. The molecule has 2 aromatic rings. The van der Waals surface area contributed by atoms with Crippen LogP contribution in [-0.4, -0.2) is 11.7 Å². The molecule has 0 radical (unpaired) electrons. The van der Waals surface area contributed by atoms with Crippen LogP contribution in [0.3, 0.4) is 0 Å². The van der Waals surface area contributed by atoms with E-state index >= 15 is 0 Å². The molecule has 1 aliphatic rings. The van der Waals surface area contributed by atoms with Gasteiger partial charge in [-0.25, -0.2) is 0 Å². The molecule has 0 aliphatic carbocycles. The number of benzene rings is 2. The van der Waals surface area contributed by atoms with Gasteiger partial charge in [-0.1, -0.05) is 22.0 Å². The van der Waals surface area contributed by atoms with Gasteiger partial charge in [0, 0.05) is 17.1 Å². The van der Waals surface area contributed by atoms with Gasteiger partial charge in [-0.2, -0.15) is 0 Å². The zero-order valence-corrected chi connectivity index (χ0v) is 12.4. The van der Waals surface area contributed by atoms with Crippen LogP contribution in [0.25, 0.3) is 0 Å². The number of anilines is 1. The molecule has 7 heteroatoms. The van der Waals surface area contributed by atoms with E-state index in [9.17, 15) is 10.1 Å². The number of hydrogen-bond donors (Lipinski definition) is 1. The normalized spacial score (nSPS) is 12.2. The number of ether oxygens (including phenoxy) is 2. The Balaban J connectivity index is 1.78. The van der Waals surface area contributed by atoms with Crippen molar-refractivity contribution in [1.29, 1.82) is 0 Å². The molecule has 0 bridgehead atoms. The first-order valence-corrected chi connectivity index (χ1v) is 6.99. The fourth-order valence-corrected chi connectivity index (χ4v) is 2.42. The highest BCUT2D eigenvalue weighted by atomic mass is 79.9. The average Bonchev–Trinajstić information content (AvgIpc) is 2.92. The van der Waals surface area contributed by atoms with E-state index in [2.05, 4.69) is 21.2 Å². The maximum atomic E-state index is 11.0. The maximum absolute atomic E-state index is 11.0. The fraction of sp³-hybridized carbons (Fsp3) is 0.143. The number of nitro benzene ring substituents is 1. The van der Waals surface area contributed by atoms with Gasteiger partial charge < -0.3 is 14.8 Å². The maximum Gasteiger partial charge on any atom is 0.292 e. The molecule has 2 aromatic carbocycles. The van der Waals surface area contributed by atoms with Crippen LogP contribution < -0.4 is 14.8 Å². The molecule has 0 spiro atoms. The molecule has 21 heavy (non-hydrogen) atoms. The largest absolute Gasteiger partial charge is 0.454 e. The molecule has 1 aliphatic heterocycles. The summed E-state index contributed by atoms with van der Waals surface area (Å²) in [6.45, 7) is 0.678. The summed E-state index contributed by atoms with van der Waals surface area (Å²) in [4.78, 5) is 10.6. The van der Waals surface area contributed by atoms with Gasteiger partial charge >= 0.3 is 0 Å². The first kappa shape index (κ1) is 13.7. The Kier molecular flexibility index (Phi) is 3.66. The van der Waals surface area contributed by atoms with Crippen molar-refractivity contribution >= 4 is 27.3 Å². The van der Waals surface area contributed by atoms with Crippen molar-refractivity contribution < 1.29 is 14.4 Å². The Hall–Kier alpha value is -2.28. The summed E-state index contributed by atoms with van der Waals surface area (Å²) in [5.74, 6) is 1.41. The van der Waals surface area contributed by atoms with Crippen LogP contribution in [0.4, 0.5) is 11.4 Å². The Morgan fingerprint density at radius 2 is 2.00 bits per heavy atom. The lowest BCUT2D eigenvalue weighted by molar-refractivity contribution is -0.384. The first-order valence-electron chi connectivity index (χ1n) is 6.20. The van der Waals surface area contributed by atoms with Crippen molar-refractivity contribution in [3.63, 3.8) is 0 Å². The lowest BCUT2D eigenvalue weighted by Gasteiger charge is -2.08. The number of nitro groups is 1. The standard InChI is InChI=1S/C14H11BrN2O4/c15-10-2-3-12(17(18)19)11(6-10)16-7-9-1-4-13-14(5-9)21-8-20-13/h1-6,16H,7-8H2. The van der Waals surface area contributed by atoms with E-state index in [1.54, 1.807) is 12.1 Å². The molecule has 0 amide bonds. The Morgan fingerprint density at radius 1 is 1.19 bits per heavy atom. The molecule has 0 saturated carbocycles. The van der Waals surface area contributed by atoms with Gasteiger partial charge in [-0.05, 0) is 29.8 Å². The van der Waals surface area contributed by atoms with Crippen LogP contribution in [-0.2, 0) is 6.54 Å². The highest BCUT2D eigenvalue weighted by Gasteiger charge is 2.15. The van der Waals surface area contributed by atoms with Gasteiger partial charge in [0.2, 0.25) is 6.79 Å². The zero-order valence-electron chi connectivity index (χ0n) is 10.8. The number of nitrogens with zero attached hydrogens (tertiary/aromatic N) is 1. The monoisotopic (exact) mass is 350 g/mol. The lowest BCUT2D eigenvalue weighted by atomic mass is 10.2. The van der Waals surface area contributed by atoms with E-state index in [1.807, 2.05) is 18.2 Å². The number of halogens is 1. The Morgan fingerprint density at radius 3 is 2.81 bits per heavy atom. The predicted octanol–water partition coefficient (Wildman–Crippen LogP) is 3.70. The van der Waals surface area contributed by atoms with Crippen LogP contribution >= 0.6 is 15.9 Å². The fourth-order valence-electron chi connectivity index (χ4n) is 2.06. The summed E-state index contributed by atoms with van der Waals surface area (Å²) < 4.78 is 11.3. The summed E-state index contributed by atoms with van der Waals surface area (Å²) in [6, 6.07) is 10.4. The van der Waals surface area contributed by atoms with Gasteiger partial charge in [-0.15, -0.1) is 0 Å². The molecular formula is C14H11BrN2O4. The van der Waals surface area contributed by atoms with E-state index < -0.39 is 4.92 Å². The van der Waals surface area contributed by atoms with E-state index in [0.29, 0.717) is 23.7 Å². The van der Waals surface area contributed by atoms with Gasteiger partial charge in [0.15, 0.2) is 11.5 Å². The molecule has 6 nitrogen and oxygen atoms in total. The summed E-state index contributed by atoms with van der Waals surface area (Å²) in [5.41, 5.74) is 1.46. The quantitative estimate of drug-likeness (QED) is 0.672. The molecule has 1 N–H and O–H groups in total. The van der Waals surface area contributed by atoms with Crippen LogP contribution in [0.15, 0.2) is 40.9 Å². The Labute approximate surface area is 129 Å². The molecule has 1 heterocycles. The van der Waals surface area contributed by atoms with Crippen molar-refractivity contribution in [2.75, 3.05) is 12.1 Å². The van der Waals surface area contributed by atoms with E-state index in [0.717, 1.165) is 10.0 Å². The highest BCUT2D eigenvalue weighted by Crippen LogP contribution is 2.33. The SMILES string of the molecule is O=[N+]([O-])c1ccc(Br)cc1NCc1ccc2c(c1)OCO2. The van der Waals surface area contributed by atoms with Crippen LogP contribution in [0.5, 0.6) is 11.5 Å². The number of fused-ring (bicyclic) bond motifs is 1. The molecule has 3 rings (SSSR count). The molecule has 0 aromatic heterocycles. The van der Waals surface area contributed by atoms with Gasteiger partial charge in [0.05, 0.1) is 4.92 Å². The minimum atomic E-state index is -0.408. The Bertz CT molecular complexity index is 705. The number of nitrogens with one attached hydrogen (secondary N) is 1. The minimum absolute atomic E-state index is 0.0407. The smallest absolute Gasteiger partial charge is 0.292 e. The summed E-state index contributed by atoms with van der Waals surface area (Å²) in [7, 11) is 0. The zero-order chi connectivity index (χ0) is 14.8. The van der Waals surface area contributed by atoms with Gasteiger partial charge in [0.1, 0.15) is 5.69 Å². The molecule has 0 unspecified atom stereocenters. The van der Waals surface area contributed by atoms with Crippen molar-refractivity contribution in [2.24, 2.45) is 0 Å². The predicted molar refractivity (Wildman–Crippen MR) is 80.7 cm³/mol. The van der Waals surface area contributed by atoms with Crippen molar-refractivity contribution in [1.82, 2.24) is 0 Å². The third-order valence-electron chi connectivity index (χ3n) is 3.08. The van der Waals surface area contributed by atoms with Crippen LogP contribution in [0.1, 0.15) is 5.56 Å². The molecule has 108 valence electrons. The van der Waals surface area contributed by atoms with E-state index in [-0.39, 0.29) is 12.5 Å². The molecule has 0 fully saturated rings. The summed E-state index contributed by atoms with van der Waals surface area (Å²) in [5, 5.41) is 14.1. The average molecular weight is 351 g/mol. The lowest BCUT2D eigenvalue weighted by Crippen LogP contribution is -2.02. The van der Waals surface area contributed by atoms with E-state index in [1.165, 1.54) is 6.07 Å². The molecule has 0 saturated heterocycles. The van der Waals surface area contributed by atoms with Crippen molar-refractivity contribution in [3.8, 4) is 11.5 Å². The third kappa shape index (κ3) is 2.92. The summed E-state index contributed by atoms with van der Waals surface area (Å²) in [6.07, 6.45) is 0. The summed E-state index contributed by atoms with van der Waals surface area (Å²) >= 11 is 3.31. The molecule has 0 atom stereocenters. The second kappa shape index (κ2) is 5.61. The van der Waals surface area contributed by atoms with Crippen molar-refractivity contribution in [2.45, 2.75) is 6.54 Å². The second-order valence-corrected chi connectivity index (χ2v) is 5.38. The second-order valence-electron chi connectivity index (χ2n) is 4.46. The first-order chi connectivity index (χ1) is 10.1. The van der Waals surface area contributed by atoms with Gasteiger partial charge in [0.25, 0.3) is 5.69 Å². The third-order valence-corrected chi connectivity index (χ3v) is 3.57. The van der Waals surface area contributed by atoms with E-state index in [4.69, 9.17) is 9.47 Å². The molecular weight excluding hydrogens is 340 g/mol. The number of rotatable bonds is 4. The van der Waals surface area contributed by atoms with Gasteiger partial charge in [-0.3, -0.25) is 10.1 Å².